The summed E-state index contributed by atoms with van der Waals surface area (Å²) in [7, 11) is 0. The van der Waals surface area contributed by atoms with E-state index in [1.54, 1.807) is 0 Å². The highest BCUT2D eigenvalue weighted by atomic mass is 15.0. The summed E-state index contributed by atoms with van der Waals surface area (Å²) in [5.74, 6) is 2.32. The molecule has 19 heavy (non-hydrogen) atoms. The highest BCUT2D eigenvalue weighted by Crippen LogP contribution is 2.17. The van der Waals surface area contributed by atoms with Crippen molar-refractivity contribution in [2.75, 3.05) is 17.6 Å². The van der Waals surface area contributed by atoms with Gasteiger partial charge in [0.25, 0.3) is 0 Å². The summed E-state index contributed by atoms with van der Waals surface area (Å²) in [4.78, 5) is 8.29. The van der Waals surface area contributed by atoms with E-state index in [0.29, 0.717) is 5.82 Å². The second-order valence-electron chi connectivity index (χ2n) is 5.46. The van der Waals surface area contributed by atoms with Gasteiger partial charge in [0.1, 0.15) is 18.0 Å². The fraction of sp³-hybridized carbons (Fsp3) is 0.733. The molecule has 4 nitrogen and oxygen atoms in total. The first kappa shape index (κ1) is 15.7. The third kappa shape index (κ3) is 5.90. The summed E-state index contributed by atoms with van der Waals surface area (Å²) < 4.78 is 0. The van der Waals surface area contributed by atoms with Crippen LogP contribution in [0.15, 0.2) is 6.33 Å². The van der Waals surface area contributed by atoms with Crippen LogP contribution in [0.4, 0.5) is 11.6 Å². The molecule has 1 rings (SSSR count). The summed E-state index contributed by atoms with van der Waals surface area (Å²) in [5.41, 5.74) is 6.87. The molecular formula is C15H28N4. The zero-order valence-corrected chi connectivity index (χ0v) is 12.6. The van der Waals surface area contributed by atoms with Gasteiger partial charge < -0.3 is 11.1 Å². The van der Waals surface area contributed by atoms with Gasteiger partial charge in [-0.2, -0.15) is 0 Å². The molecular weight excluding hydrogens is 236 g/mol. The Balaban J connectivity index is 2.21. The average Bonchev–Trinajstić information content (AvgIpc) is 2.37. The van der Waals surface area contributed by atoms with E-state index >= 15 is 0 Å². The number of nitrogens with zero attached hydrogens (tertiary/aromatic N) is 2. The van der Waals surface area contributed by atoms with E-state index in [1.165, 1.54) is 38.4 Å². The molecule has 0 bridgehead atoms. The van der Waals surface area contributed by atoms with Crippen molar-refractivity contribution in [3.8, 4) is 0 Å². The largest absolute Gasteiger partial charge is 0.383 e. The second-order valence-corrected chi connectivity index (χ2v) is 5.46. The zero-order valence-electron chi connectivity index (χ0n) is 12.6. The van der Waals surface area contributed by atoms with Gasteiger partial charge in [-0.15, -0.1) is 0 Å². The number of hydrogen-bond donors (Lipinski definition) is 2. The van der Waals surface area contributed by atoms with Crippen LogP contribution in [-0.2, 0) is 6.42 Å². The Morgan fingerprint density at radius 2 is 1.89 bits per heavy atom. The van der Waals surface area contributed by atoms with E-state index in [2.05, 4.69) is 36.1 Å². The number of hydrogen-bond acceptors (Lipinski definition) is 4. The molecule has 4 heteroatoms. The van der Waals surface area contributed by atoms with Crippen LogP contribution in [0, 0.1) is 5.92 Å². The molecule has 0 fully saturated rings. The Morgan fingerprint density at radius 3 is 2.58 bits per heavy atom. The summed E-state index contributed by atoms with van der Waals surface area (Å²) in [5, 5.41) is 3.37. The molecule has 0 aliphatic heterocycles. The van der Waals surface area contributed by atoms with Crippen molar-refractivity contribution in [1.82, 2.24) is 9.97 Å². The van der Waals surface area contributed by atoms with E-state index in [9.17, 15) is 0 Å². The van der Waals surface area contributed by atoms with Gasteiger partial charge >= 0.3 is 0 Å². The first-order valence-electron chi connectivity index (χ1n) is 7.48. The van der Waals surface area contributed by atoms with E-state index in [4.69, 9.17) is 5.73 Å². The van der Waals surface area contributed by atoms with Gasteiger partial charge in [0.15, 0.2) is 0 Å². The summed E-state index contributed by atoms with van der Waals surface area (Å²) in [6, 6.07) is 0. The first-order valence-corrected chi connectivity index (χ1v) is 7.48. The molecule has 1 heterocycles. The molecule has 0 aliphatic rings. The van der Waals surface area contributed by atoms with Crippen molar-refractivity contribution in [2.45, 2.75) is 59.3 Å². The number of unbranched alkanes of at least 4 members (excludes halogenated alkanes) is 3. The van der Waals surface area contributed by atoms with Gasteiger partial charge in [-0.25, -0.2) is 9.97 Å². The molecule has 3 N–H and O–H groups in total. The van der Waals surface area contributed by atoms with Gasteiger partial charge in [-0.05, 0) is 18.8 Å². The molecule has 0 radical (unpaired) electrons. The van der Waals surface area contributed by atoms with Gasteiger partial charge in [-0.3, -0.25) is 0 Å². The Morgan fingerprint density at radius 1 is 1.16 bits per heavy atom. The standard InChI is InChI=1S/C15H28N4/c1-4-13-14(16)18-11-19-15(13)17-10-8-6-5-7-9-12(2)3/h11-12H,4-10H2,1-3H3,(H3,16,17,18,19). The lowest BCUT2D eigenvalue weighted by Gasteiger charge is -2.11. The van der Waals surface area contributed by atoms with Crippen LogP contribution in [0.25, 0.3) is 0 Å². The maximum absolute atomic E-state index is 5.84. The third-order valence-electron chi connectivity index (χ3n) is 3.33. The Labute approximate surface area is 117 Å². The zero-order chi connectivity index (χ0) is 14.1. The third-order valence-corrected chi connectivity index (χ3v) is 3.33. The van der Waals surface area contributed by atoms with E-state index in [0.717, 1.165) is 30.3 Å². The van der Waals surface area contributed by atoms with Crippen molar-refractivity contribution in [2.24, 2.45) is 5.92 Å². The van der Waals surface area contributed by atoms with Crippen LogP contribution in [0.5, 0.6) is 0 Å². The number of nitrogens with one attached hydrogen (secondary N) is 1. The summed E-state index contributed by atoms with van der Waals surface area (Å²) in [6.45, 7) is 7.61. The van der Waals surface area contributed by atoms with Crippen molar-refractivity contribution in [3.05, 3.63) is 11.9 Å². The summed E-state index contributed by atoms with van der Waals surface area (Å²) >= 11 is 0. The van der Waals surface area contributed by atoms with E-state index < -0.39 is 0 Å². The molecule has 0 atom stereocenters. The lowest BCUT2D eigenvalue weighted by atomic mass is 10.0. The predicted molar refractivity (Wildman–Crippen MR) is 82.2 cm³/mol. The topological polar surface area (TPSA) is 63.8 Å². The molecule has 0 amide bonds. The smallest absolute Gasteiger partial charge is 0.134 e. The monoisotopic (exact) mass is 264 g/mol. The fourth-order valence-electron chi connectivity index (χ4n) is 2.16. The SMILES string of the molecule is CCc1c(N)ncnc1NCCCCCCC(C)C. The number of nitrogen functional groups attached to an aromatic ring is 1. The molecule has 1 aromatic heterocycles. The number of nitrogens with two attached hydrogens (primary N) is 1. The minimum Gasteiger partial charge on any atom is -0.383 e. The molecule has 1 aromatic rings. The van der Waals surface area contributed by atoms with Gasteiger partial charge in [-0.1, -0.05) is 46.5 Å². The van der Waals surface area contributed by atoms with Crippen LogP contribution in [-0.4, -0.2) is 16.5 Å². The Bertz CT molecular complexity index is 363. The number of aromatic nitrogens is 2. The highest BCUT2D eigenvalue weighted by Gasteiger charge is 2.05. The quantitative estimate of drug-likeness (QED) is 0.668. The lowest BCUT2D eigenvalue weighted by molar-refractivity contribution is 0.523. The van der Waals surface area contributed by atoms with Crippen molar-refractivity contribution in [1.29, 1.82) is 0 Å². The first-order chi connectivity index (χ1) is 9.15. The van der Waals surface area contributed by atoms with Crippen molar-refractivity contribution in [3.63, 3.8) is 0 Å². The molecule has 0 aromatic carbocycles. The molecule has 0 saturated carbocycles. The van der Waals surface area contributed by atoms with Gasteiger partial charge in [0.05, 0.1) is 0 Å². The highest BCUT2D eigenvalue weighted by molar-refractivity contribution is 5.54. The van der Waals surface area contributed by atoms with Crippen molar-refractivity contribution >= 4 is 11.6 Å². The maximum atomic E-state index is 5.84. The number of rotatable bonds is 9. The molecule has 108 valence electrons. The van der Waals surface area contributed by atoms with Crippen LogP contribution in [0.2, 0.25) is 0 Å². The minimum atomic E-state index is 0.594. The predicted octanol–water partition coefficient (Wildman–Crippen LogP) is 3.64. The Kier molecular flexibility index (Phi) is 7.23. The fourth-order valence-corrected chi connectivity index (χ4v) is 2.16. The van der Waals surface area contributed by atoms with Crippen LogP contribution >= 0.6 is 0 Å². The average molecular weight is 264 g/mol. The number of anilines is 2. The molecule has 0 aliphatic carbocycles. The van der Waals surface area contributed by atoms with Crippen LogP contribution in [0.3, 0.4) is 0 Å². The molecule has 0 saturated heterocycles. The lowest BCUT2D eigenvalue weighted by Crippen LogP contribution is -2.09. The normalized spacial score (nSPS) is 10.9. The Hall–Kier alpha value is -1.32. The van der Waals surface area contributed by atoms with Gasteiger partial charge in [0, 0.05) is 12.1 Å². The summed E-state index contributed by atoms with van der Waals surface area (Å²) in [6.07, 6.45) is 8.87. The second kappa shape index (κ2) is 8.73. The molecule has 0 unspecified atom stereocenters. The molecule has 0 spiro atoms. The maximum Gasteiger partial charge on any atom is 0.134 e. The van der Waals surface area contributed by atoms with E-state index in [1.807, 2.05) is 0 Å². The van der Waals surface area contributed by atoms with Crippen LogP contribution < -0.4 is 11.1 Å². The minimum absolute atomic E-state index is 0.594. The van der Waals surface area contributed by atoms with Gasteiger partial charge in [0.2, 0.25) is 0 Å². The van der Waals surface area contributed by atoms with Crippen LogP contribution in [0.1, 0.15) is 58.4 Å². The van der Waals surface area contributed by atoms with E-state index in [-0.39, 0.29) is 0 Å². The van der Waals surface area contributed by atoms with Crippen molar-refractivity contribution < 1.29 is 0 Å².